The van der Waals surface area contributed by atoms with E-state index >= 15 is 0 Å². The Balaban J connectivity index is 1.44. The molecule has 0 aromatic heterocycles. The lowest BCUT2D eigenvalue weighted by Crippen LogP contribution is -2.48. The number of rotatable bonds is 8. The zero-order chi connectivity index (χ0) is 29.1. The highest BCUT2D eigenvalue weighted by molar-refractivity contribution is 7.89. The van der Waals surface area contributed by atoms with Crippen LogP contribution < -0.4 is 10.0 Å². The average Bonchev–Trinajstić information content (AvgIpc) is 2.88. The maximum atomic E-state index is 13.8. The third kappa shape index (κ3) is 7.76. The summed E-state index contributed by atoms with van der Waals surface area (Å²) in [5.74, 6) is -1.02. The zero-order valence-electron chi connectivity index (χ0n) is 21.6. The maximum absolute atomic E-state index is 13.8. The van der Waals surface area contributed by atoms with Gasteiger partial charge < -0.3 is 5.32 Å². The molecule has 0 spiro atoms. The van der Waals surface area contributed by atoms with Crippen LogP contribution in [-0.4, -0.2) is 44.5 Å². The normalized spacial score (nSPS) is 19.6. The Hall–Kier alpha value is -2.64. The standard InChI is InChI=1S/C27H31F6N3O3S/c28-26(29,30)20-7-5-8-21(15-20)40(38,39)35-24(27(31,32)33)16-25(37)34-23-9-4-6-19-14-18(10-11-22(19)23)17-36-12-2-1-3-13-36/h5,7-8,10-11,14-15,23-24,35H,1-4,6,9,12-13,16-17H2,(H,34,37)/t23-,24+/m1/s1. The van der Waals surface area contributed by atoms with E-state index in [4.69, 9.17) is 0 Å². The second-order valence-electron chi connectivity index (χ2n) is 10.3. The highest BCUT2D eigenvalue weighted by Gasteiger charge is 2.44. The number of alkyl halides is 6. The Bertz CT molecular complexity index is 1310. The lowest BCUT2D eigenvalue weighted by atomic mass is 9.86. The molecule has 2 N–H and O–H groups in total. The summed E-state index contributed by atoms with van der Waals surface area (Å²) in [5.41, 5.74) is 1.64. The van der Waals surface area contributed by atoms with Crippen molar-refractivity contribution in [2.75, 3.05) is 13.1 Å². The van der Waals surface area contributed by atoms with Crippen molar-refractivity contribution in [3.05, 3.63) is 64.7 Å². The first-order valence-electron chi connectivity index (χ1n) is 13.1. The molecule has 220 valence electrons. The van der Waals surface area contributed by atoms with Crippen molar-refractivity contribution in [3.8, 4) is 0 Å². The van der Waals surface area contributed by atoms with Crippen LogP contribution in [0.15, 0.2) is 47.4 Å². The lowest BCUT2D eigenvalue weighted by molar-refractivity contribution is -0.158. The zero-order valence-corrected chi connectivity index (χ0v) is 22.4. The molecular weight excluding hydrogens is 560 g/mol. The summed E-state index contributed by atoms with van der Waals surface area (Å²) in [6.07, 6.45) is -5.77. The van der Waals surface area contributed by atoms with Crippen molar-refractivity contribution in [2.24, 2.45) is 0 Å². The second kappa shape index (κ2) is 12.1. The summed E-state index contributed by atoms with van der Waals surface area (Å²) < 4.78 is 107. The summed E-state index contributed by atoms with van der Waals surface area (Å²) in [5, 5.41) is 2.60. The van der Waals surface area contributed by atoms with E-state index in [9.17, 15) is 39.6 Å². The number of aryl methyl sites for hydroxylation is 1. The van der Waals surface area contributed by atoms with Crippen molar-refractivity contribution in [2.45, 2.75) is 80.8 Å². The van der Waals surface area contributed by atoms with Gasteiger partial charge in [-0.1, -0.05) is 30.7 Å². The minimum absolute atomic E-state index is 0.244. The summed E-state index contributed by atoms with van der Waals surface area (Å²) in [7, 11) is -5.02. The number of amides is 1. The molecule has 0 bridgehead atoms. The first kappa shape index (κ1) is 30.3. The van der Waals surface area contributed by atoms with Crippen molar-refractivity contribution in [1.29, 1.82) is 0 Å². The lowest BCUT2D eigenvalue weighted by Gasteiger charge is -2.30. The monoisotopic (exact) mass is 591 g/mol. The molecule has 2 atom stereocenters. The number of nitrogens with one attached hydrogen (secondary N) is 2. The number of nitrogens with zero attached hydrogens (tertiary/aromatic N) is 1. The molecule has 40 heavy (non-hydrogen) atoms. The molecule has 2 aromatic carbocycles. The minimum atomic E-state index is -5.17. The minimum Gasteiger partial charge on any atom is -0.349 e. The molecule has 1 amide bonds. The van der Waals surface area contributed by atoms with E-state index in [1.807, 2.05) is 12.1 Å². The van der Waals surface area contributed by atoms with E-state index in [0.717, 1.165) is 74.1 Å². The van der Waals surface area contributed by atoms with Crippen LogP contribution in [0.1, 0.15) is 66.8 Å². The van der Waals surface area contributed by atoms with Gasteiger partial charge in [-0.25, -0.2) is 8.42 Å². The fourth-order valence-corrected chi connectivity index (χ4v) is 6.52. The van der Waals surface area contributed by atoms with Gasteiger partial charge in [0.05, 0.1) is 22.9 Å². The number of carbonyl (C=O) groups is 1. The Labute approximate surface area is 229 Å². The van der Waals surface area contributed by atoms with Crippen LogP contribution in [0.3, 0.4) is 0 Å². The molecule has 13 heteroatoms. The van der Waals surface area contributed by atoms with Crippen molar-refractivity contribution >= 4 is 15.9 Å². The van der Waals surface area contributed by atoms with Gasteiger partial charge >= 0.3 is 12.4 Å². The van der Waals surface area contributed by atoms with E-state index in [1.165, 1.54) is 11.1 Å². The van der Waals surface area contributed by atoms with Gasteiger partial charge in [0.2, 0.25) is 15.9 Å². The molecule has 0 unspecified atom stereocenters. The Morgan fingerprint density at radius 1 is 0.975 bits per heavy atom. The highest BCUT2D eigenvalue weighted by Crippen LogP contribution is 2.33. The van der Waals surface area contributed by atoms with Crippen molar-refractivity contribution in [3.63, 3.8) is 0 Å². The Kier molecular flexibility index (Phi) is 9.15. The number of hydrogen-bond acceptors (Lipinski definition) is 4. The van der Waals surface area contributed by atoms with Gasteiger partial charge in [-0.3, -0.25) is 9.69 Å². The SMILES string of the molecule is O=C(C[C@H](NS(=O)(=O)c1cccc(C(F)(F)F)c1)C(F)(F)F)N[C@@H]1CCCc2cc(CN3CCCCC3)ccc21. The number of fused-ring (bicyclic) bond motifs is 1. The van der Waals surface area contributed by atoms with Gasteiger partial charge in [-0.05, 0) is 80.1 Å². The van der Waals surface area contributed by atoms with Crippen LogP contribution in [0.4, 0.5) is 26.3 Å². The number of sulfonamides is 1. The van der Waals surface area contributed by atoms with E-state index < -0.39 is 57.2 Å². The molecular formula is C27H31F6N3O3S. The molecule has 1 saturated heterocycles. The maximum Gasteiger partial charge on any atom is 0.416 e. The molecule has 2 aromatic rings. The van der Waals surface area contributed by atoms with Crippen molar-refractivity contribution < 1.29 is 39.6 Å². The molecule has 2 aliphatic rings. The number of hydrogen-bond donors (Lipinski definition) is 2. The molecule has 1 aliphatic carbocycles. The van der Waals surface area contributed by atoms with Gasteiger partial charge in [0.15, 0.2) is 0 Å². The Morgan fingerprint density at radius 3 is 2.38 bits per heavy atom. The fourth-order valence-electron chi connectivity index (χ4n) is 5.25. The number of halogens is 6. The second-order valence-corrected chi connectivity index (χ2v) is 12.0. The highest BCUT2D eigenvalue weighted by atomic mass is 32.2. The topological polar surface area (TPSA) is 78.5 Å². The average molecular weight is 592 g/mol. The number of likely N-dealkylation sites (tertiary alicyclic amines) is 1. The van der Waals surface area contributed by atoms with Gasteiger partial charge in [0.25, 0.3) is 0 Å². The molecule has 6 nitrogen and oxygen atoms in total. The van der Waals surface area contributed by atoms with Gasteiger partial charge in [-0.15, -0.1) is 0 Å². The number of piperidine rings is 1. The van der Waals surface area contributed by atoms with E-state index in [1.54, 1.807) is 0 Å². The summed E-state index contributed by atoms with van der Waals surface area (Å²) >= 11 is 0. The summed E-state index contributed by atoms with van der Waals surface area (Å²) in [6.45, 7) is 2.88. The van der Waals surface area contributed by atoms with Crippen molar-refractivity contribution in [1.82, 2.24) is 14.9 Å². The Morgan fingerprint density at radius 2 is 1.70 bits per heavy atom. The van der Waals surface area contributed by atoms with Gasteiger partial charge in [0, 0.05) is 6.54 Å². The smallest absolute Gasteiger partial charge is 0.349 e. The first-order valence-corrected chi connectivity index (χ1v) is 14.6. The van der Waals surface area contributed by atoms with E-state index in [-0.39, 0.29) is 6.07 Å². The quantitative estimate of drug-likeness (QED) is 0.399. The molecule has 1 aliphatic heterocycles. The predicted octanol–water partition coefficient (Wildman–Crippen LogP) is 5.48. The fraction of sp³-hybridized carbons (Fsp3) is 0.519. The predicted molar refractivity (Wildman–Crippen MR) is 136 cm³/mol. The molecule has 4 rings (SSSR count). The molecule has 0 radical (unpaired) electrons. The molecule has 0 saturated carbocycles. The van der Waals surface area contributed by atoms with E-state index in [0.29, 0.717) is 12.5 Å². The first-order chi connectivity index (χ1) is 18.7. The number of carbonyl (C=O) groups excluding carboxylic acids is 1. The number of benzene rings is 2. The van der Waals surface area contributed by atoms with Crippen LogP contribution in [0.2, 0.25) is 0 Å². The van der Waals surface area contributed by atoms with Crippen LogP contribution >= 0.6 is 0 Å². The molecule has 1 heterocycles. The summed E-state index contributed by atoms with van der Waals surface area (Å²) in [4.78, 5) is 14.1. The van der Waals surface area contributed by atoms with Gasteiger partial charge in [0.1, 0.15) is 6.04 Å². The van der Waals surface area contributed by atoms with Crippen LogP contribution in [0, 0.1) is 0 Å². The third-order valence-electron chi connectivity index (χ3n) is 7.27. The third-order valence-corrected chi connectivity index (χ3v) is 8.73. The summed E-state index contributed by atoms with van der Waals surface area (Å²) in [6, 6.07) is 4.94. The van der Waals surface area contributed by atoms with Gasteiger partial charge in [-0.2, -0.15) is 31.1 Å². The van der Waals surface area contributed by atoms with Crippen LogP contribution in [0.25, 0.3) is 0 Å². The largest absolute Gasteiger partial charge is 0.416 e. The van der Waals surface area contributed by atoms with E-state index in [2.05, 4.69) is 16.3 Å². The molecule has 1 fully saturated rings. The van der Waals surface area contributed by atoms with Crippen LogP contribution in [-0.2, 0) is 34.0 Å². The van der Waals surface area contributed by atoms with Crippen LogP contribution in [0.5, 0.6) is 0 Å².